The van der Waals surface area contributed by atoms with Crippen molar-refractivity contribution in [1.82, 2.24) is 14.9 Å². The molecule has 4 unspecified atom stereocenters. The van der Waals surface area contributed by atoms with Gasteiger partial charge in [-0.1, -0.05) is 13.8 Å². The van der Waals surface area contributed by atoms with E-state index in [0.717, 1.165) is 13.0 Å². The molecule has 112 valence electrons. The molecule has 0 bridgehead atoms. The maximum atomic E-state index is 5.83. The summed E-state index contributed by atoms with van der Waals surface area (Å²) < 4.78 is 8.11. The summed E-state index contributed by atoms with van der Waals surface area (Å²) in [6.45, 7) is 7.57. The minimum atomic E-state index is 0.248. The van der Waals surface area contributed by atoms with Crippen LogP contribution in [0.1, 0.15) is 52.5 Å². The van der Waals surface area contributed by atoms with Crippen LogP contribution in [0.2, 0.25) is 0 Å². The van der Waals surface area contributed by atoms with Crippen molar-refractivity contribution >= 4 is 0 Å². The highest BCUT2D eigenvalue weighted by Crippen LogP contribution is 2.44. The predicted molar refractivity (Wildman–Crippen MR) is 79.6 cm³/mol. The average Bonchev–Trinajstić information content (AvgIpc) is 3.08. The zero-order valence-corrected chi connectivity index (χ0v) is 12.9. The Kier molecular flexibility index (Phi) is 3.87. The largest absolute Gasteiger partial charge is 0.378 e. The molecule has 1 heterocycles. The zero-order chi connectivity index (χ0) is 14.2. The molecule has 3 rings (SSSR count). The van der Waals surface area contributed by atoms with E-state index in [-0.39, 0.29) is 5.41 Å². The standard InChI is InChI=1S/C16H27N3O/c1-4-20-15-10-14(16(15,2)3)18-12-6-5-7-13(12)19-9-8-17-11-19/h8-9,11-15,18H,4-7,10H2,1-3H3. The van der Waals surface area contributed by atoms with E-state index < -0.39 is 0 Å². The molecule has 0 spiro atoms. The van der Waals surface area contributed by atoms with E-state index in [1.165, 1.54) is 19.3 Å². The van der Waals surface area contributed by atoms with Gasteiger partial charge in [-0.3, -0.25) is 0 Å². The molecular formula is C16H27N3O. The number of imidazole rings is 1. The Morgan fingerprint density at radius 3 is 2.90 bits per heavy atom. The van der Waals surface area contributed by atoms with Crippen LogP contribution in [0, 0.1) is 5.41 Å². The maximum absolute atomic E-state index is 5.83. The zero-order valence-electron chi connectivity index (χ0n) is 12.9. The third-order valence-electron chi connectivity index (χ3n) is 5.35. The fourth-order valence-electron chi connectivity index (χ4n) is 3.87. The van der Waals surface area contributed by atoms with Crippen molar-refractivity contribution in [2.75, 3.05) is 6.61 Å². The number of hydrogen-bond donors (Lipinski definition) is 1. The molecule has 4 atom stereocenters. The number of ether oxygens (including phenoxy) is 1. The number of hydrogen-bond acceptors (Lipinski definition) is 3. The van der Waals surface area contributed by atoms with Crippen LogP contribution < -0.4 is 5.32 Å². The summed E-state index contributed by atoms with van der Waals surface area (Å²) in [7, 11) is 0. The minimum absolute atomic E-state index is 0.248. The van der Waals surface area contributed by atoms with Gasteiger partial charge in [-0.05, 0) is 32.6 Å². The summed E-state index contributed by atoms with van der Waals surface area (Å²) in [5.74, 6) is 0. The topological polar surface area (TPSA) is 39.1 Å². The lowest BCUT2D eigenvalue weighted by molar-refractivity contribution is -0.117. The van der Waals surface area contributed by atoms with Gasteiger partial charge in [0.1, 0.15) is 0 Å². The average molecular weight is 277 g/mol. The third kappa shape index (κ3) is 2.40. The van der Waals surface area contributed by atoms with Gasteiger partial charge >= 0.3 is 0 Å². The Morgan fingerprint density at radius 2 is 2.25 bits per heavy atom. The third-order valence-corrected chi connectivity index (χ3v) is 5.35. The highest BCUT2D eigenvalue weighted by molar-refractivity contribution is 5.05. The normalized spacial score (nSPS) is 36.0. The molecule has 0 aromatic carbocycles. The first-order valence-electron chi connectivity index (χ1n) is 7.98. The molecule has 0 amide bonds. The van der Waals surface area contributed by atoms with E-state index in [0.29, 0.717) is 24.2 Å². The van der Waals surface area contributed by atoms with Gasteiger partial charge in [-0.25, -0.2) is 4.98 Å². The van der Waals surface area contributed by atoms with E-state index in [2.05, 4.69) is 41.8 Å². The Morgan fingerprint density at radius 1 is 1.40 bits per heavy atom. The summed E-state index contributed by atoms with van der Waals surface area (Å²) in [6, 6.07) is 1.73. The van der Waals surface area contributed by atoms with E-state index >= 15 is 0 Å². The van der Waals surface area contributed by atoms with Gasteiger partial charge in [-0.2, -0.15) is 0 Å². The van der Waals surface area contributed by atoms with Crippen LogP contribution in [0.25, 0.3) is 0 Å². The van der Waals surface area contributed by atoms with Crippen molar-refractivity contribution in [2.24, 2.45) is 5.41 Å². The number of nitrogens with one attached hydrogen (secondary N) is 1. The highest BCUT2D eigenvalue weighted by atomic mass is 16.5. The summed E-state index contributed by atoms with van der Waals surface area (Å²) in [5.41, 5.74) is 0.248. The van der Waals surface area contributed by atoms with Gasteiger partial charge in [0.25, 0.3) is 0 Å². The molecule has 2 fully saturated rings. The molecule has 20 heavy (non-hydrogen) atoms. The van der Waals surface area contributed by atoms with Crippen LogP contribution in [-0.2, 0) is 4.74 Å². The SMILES string of the molecule is CCOC1CC(NC2CCCC2n2ccnc2)C1(C)C. The lowest BCUT2D eigenvalue weighted by Gasteiger charge is -2.53. The predicted octanol–water partition coefficient (Wildman–Crippen LogP) is 2.77. The molecule has 1 N–H and O–H groups in total. The molecule has 1 aromatic rings. The number of rotatable bonds is 5. The monoisotopic (exact) mass is 277 g/mol. The van der Waals surface area contributed by atoms with Gasteiger partial charge in [0.05, 0.1) is 12.4 Å². The molecule has 2 aliphatic rings. The summed E-state index contributed by atoms with van der Waals surface area (Å²) in [4.78, 5) is 4.19. The molecule has 2 aliphatic carbocycles. The maximum Gasteiger partial charge on any atom is 0.0949 e. The Labute approximate surface area is 121 Å². The first-order valence-corrected chi connectivity index (χ1v) is 7.98. The Balaban J connectivity index is 1.61. The molecule has 0 radical (unpaired) electrons. The van der Waals surface area contributed by atoms with E-state index in [1.54, 1.807) is 0 Å². The van der Waals surface area contributed by atoms with E-state index in [1.807, 2.05) is 12.5 Å². The van der Waals surface area contributed by atoms with Crippen molar-refractivity contribution in [3.8, 4) is 0 Å². The van der Waals surface area contributed by atoms with E-state index in [9.17, 15) is 0 Å². The van der Waals surface area contributed by atoms with Crippen LogP contribution in [0.15, 0.2) is 18.7 Å². The van der Waals surface area contributed by atoms with Crippen molar-refractivity contribution in [3.05, 3.63) is 18.7 Å². The first kappa shape index (κ1) is 14.1. The number of nitrogens with zero attached hydrogens (tertiary/aromatic N) is 2. The molecule has 4 nitrogen and oxygen atoms in total. The van der Waals surface area contributed by atoms with Crippen LogP contribution in [-0.4, -0.2) is 34.3 Å². The molecule has 0 saturated heterocycles. The summed E-state index contributed by atoms with van der Waals surface area (Å²) >= 11 is 0. The van der Waals surface area contributed by atoms with Crippen LogP contribution in [0.4, 0.5) is 0 Å². The van der Waals surface area contributed by atoms with Crippen LogP contribution >= 0.6 is 0 Å². The Hall–Kier alpha value is -0.870. The second-order valence-corrected chi connectivity index (χ2v) is 6.83. The second-order valence-electron chi connectivity index (χ2n) is 6.83. The van der Waals surface area contributed by atoms with Crippen molar-refractivity contribution in [1.29, 1.82) is 0 Å². The summed E-state index contributed by atoms with van der Waals surface area (Å²) in [5, 5.41) is 3.90. The molecule has 0 aliphatic heterocycles. The fourth-order valence-corrected chi connectivity index (χ4v) is 3.87. The van der Waals surface area contributed by atoms with Crippen molar-refractivity contribution < 1.29 is 4.74 Å². The lowest BCUT2D eigenvalue weighted by atomic mass is 9.64. The van der Waals surface area contributed by atoms with Gasteiger partial charge in [0, 0.05) is 42.5 Å². The van der Waals surface area contributed by atoms with Crippen molar-refractivity contribution in [3.63, 3.8) is 0 Å². The van der Waals surface area contributed by atoms with Gasteiger partial charge in [-0.15, -0.1) is 0 Å². The van der Waals surface area contributed by atoms with Gasteiger partial charge in [0.2, 0.25) is 0 Å². The smallest absolute Gasteiger partial charge is 0.0949 e. The van der Waals surface area contributed by atoms with Crippen molar-refractivity contribution in [2.45, 2.75) is 70.7 Å². The molecular weight excluding hydrogens is 250 g/mol. The quantitative estimate of drug-likeness (QED) is 0.899. The minimum Gasteiger partial charge on any atom is -0.378 e. The molecule has 2 saturated carbocycles. The van der Waals surface area contributed by atoms with Crippen LogP contribution in [0.3, 0.4) is 0 Å². The fraction of sp³-hybridized carbons (Fsp3) is 0.812. The van der Waals surface area contributed by atoms with Crippen LogP contribution in [0.5, 0.6) is 0 Å². The first-order chi connectivity index (χ1) is 9.63. The highest BCUT2D eigenvalue weighted by Gasteiger charge is 2.50. The molecule has 4 heteroatoms. The number of aromatic nitrogens is 2. The summed E-state index contributed by atoms with van der Waals surface area (Å²) in [6.07, 6.45) is 11.3. The van der Waals surface area contributed by atoms with Gasteiger partial charge < -0.3 is 14.6 Å². The second kappa shape index (κ2) is 5.49. The lowest BCUT2D eigenvalue weighted by Crippen LogP contribution is -2.63. The van der Waals surface area contributed by atoms with E-state index in [4.69, 9.17) is 4.74 Å². The van der Waals surface area contributed by atoms with Gasteiger partial charge in [0.15, 0.2) is 0 Å². The molecule has 1 aromatic heterocycles. The Bertz CT molecular complexity index is 429.